The first-order chi connectivity index (χ1) is 10.8. The number of carbonyl (C=O) groups is 1. The van der Waals surface area contributed by atoms with Gasteiger partial charge in [0.1, 0.15) is 17.1 Å². The number of nitrogens with zero attached hydrogens (tertiary/aromatic N) is 1. The molecule has 1 aliphatic rings. The van der Waals surface area contributed by atoms with E-state index in [1.165, 1.54) is 12.8 Å². The fraction of sp³-hybridized carbons (Fsp3) is 0.706. The van der Waals surface area contributed by atoms with Crippen molar-refractivity contribution in [3.8, 4) is 0 Å². The summed E-state index contributed by atoms with van der Waals surface area (Å²) in [6.07, 6.45) is 2.52. The molecule has 0 bridgehead atoms. The van der Waals surface area contributed by atoms with Crippen molar-refractivity contribution >= 4 is 6.03 Å². The highest BCUT2D eigenvalue weighted by Gasteiger charge is 2.30. The normalized spacial score (nSPS) is 17.3. The molecule has 3 N–H and O–H groups in total. The first kappa shape index (κ1) is 17.8. The number of nitrogens with one attached hydrogen (secondary N) is 2. The second-order valence-electron chi connectivity index (χ2n) is 6.86. The van der Waals surface area contributed by atoms with Crippen molar-refractivity contribution in [3.63, 3.8) is 0 Å². The topological polar surface area (TPSA) is 77.7 Å². The highest BCUT2D eigenvalue weighted by Crippen LogP contribution is 2.28. The zero-order valence-electron chi connectivity index (χ0n) is 14.6. The first-order valence-electron chi connectivity index (χ1n) is 8.36. The zero-order valence-corrected chi connectivity index (χ0v) is 14.6. The van der Waals surface area contributed by atoms with Crippen molar-refractivity contribution in [2.24, 2.45) is 0 Å². The maximum Gasteiger partial charge on any atom is 0.314 e. The van der Waals surface area contributed by atoms with Crippen molar-refractivity contribution < 1.29 is 14.3 Å². The molecule has 0 spiro atoms. The molecule has 6 nitrogen and oxygen atoms in total. The van der Waals surface area contributed by atoms with E-state index in [1.807, 2.05) is 6.92 Å². The number of urea groups is 1. The Morgan fingerprint density at radius 1 is 1.43 bits per heavy atom. The molecule has 1 heterocycles. The van der Waals surface area contributed by atoms with Crippen molar-refractivity contribution in [3.05, 3.63) is 23.7 Å². The van der Waals surface area contributed by atoms with Gasteiger partial charge in [0, 0.05) is 25.2 Å². The van der Waals surface area contributed by atoms with Gasteiger partial charge in [-0.2, -0.15) is 0 Å². The highest BCUT2D eigenvalue weighted by molar-refractivity contribution is 5.73. The van der Waals surface area contributed by atoms with Gasteiger partial charge in [0.05, 0.1) is 6.54 Å². The summed E-state index contributed by atoms with van der Waals surface area (Å²) in [5.41, 5.74) is -1.22. The standard InChI is InChI=1S/C17H29N3O3/c1-12(2)20(14-6-7-14)10-9-18-16(21)19-11-17(4,22)15-8-5-13(3)23-15/h5,8,12,14,22H,6-7,9-11H2,1-4H3,(H2,18,19,21). The molecule has 2 amide bonds. The van der Waals surface area contributed by atoms with E-state index in [4.69, 9.17) is 4.42 Å². The van der Waals surface area contributed by atoms with Crippen LogP contribution in [0.15, 0.2) is 16.5 Å². The van der Waals surface area contributed by atoms with Crippen LogP contribution in [0.3, 0.4) is 0 Å². The van der Waals surface area contributed by atoms with Crippen LogP contribution in [0.4, 0.5) is 4.79 Å². The van der Waals surface area contributed by atoms with Crippen LogP contribution in [0.5, 0.6) is 0 Å². The average Bonchev–Trinajstić information content (AvgIpc) is 3.21. The molecule has 2 rings (SSSR count). The third-order valence-electron chi connectivity index (χ3n) is 4.20. The van der Waals surface area contributed by atoms with Crippen LogP contribution in [0.1, 0.15) is 45.1 Å². The molecule has 23 heavy (non-hydrogen) atoms. The molecule has 1 atom stereocenters. The minimum Gasteiger partial charge on any atom is -0.463 e. The maximum absolute atomic E-state index is 11.9. The van der Waals surface area contributed by atoms with Gasteiger partial charge in [-0.15, -0.1) is 0 Å². The molecule has 6 heteroatoms. The Balaban J connectivity index is 1.70. The molecular formula is C17H29N3O3. The lowest BCUT2D eigenvalue weighted by atomic mass is 10.0. The minimum atomic E-state index is -1.22. The average molecular weight is 323 g/mol. The van der Waals surface area contributed by atoms with Crippen LogP contribution >= 0.6 is 0 Å². The van der Waals surface area contributed by atoms with Crippen LogP contribution in [0.2, 0.25) is 0 Å². The van der Waals surface area contributed by atoms with E-state index in [1.54, 1.807) is 19.1 Å². The van der Waals surface area contributed by atoms with E-state index in [0.717, 1.165) is 12.3 Å². The van der Waals surface area contributed by atoms with E-state index in [9.17, 15) is 9.90 Å². The number of hydrogen-bond donors (Lipinski definition) is 3. The maximum atomic E-state index is 11.9. The van der Waals surface area contributed by atoms with Crippen molar-refractivity contribution in [1.82, 2.24) is 15.5 Å². The Kier molecular flexibility index (Phi) is 5.70. The van der Waals surface area contributed by atoms with Gasteiger partial charge in [-0.25, -0.2) is 4.79 Å². The fourth-order valence-electron chi connectivity index (χ4n) is 2.69. The summed E-state index contributed by atoms with van der Waals surface area (Å²) in [4.78, 5) is 14.3. The van der Waals surface area contributed by atoms with Crippen LogP contribution in [0.25, 0.3) is 0 Å². The highest BCUT2D eigenvalue weighted by atomic mass is 16.4. The van der Waals surface area contributed by atoms with Crippen LogP contribution in [0, 0.1) is 6.92 Å². The minimum absolute atomic E-state index is 0.0995. The molecule has 1 aromatic rings. The summed E-state index contributed by atoms with van der Waals surface area (Å²) in [5.74, 6) is 1.19. The van der Waals surface area contributed by atoms with Gasteiger partial charge in [-0.3, -0.25) is 4.90 Å². The van der Waals surface area contributed by atoms with Gasteiger partial charge in [0.15, 0.2) is 0 Å². The van der Waals surface area contributed by atoms with Crippen LogP contribution in [-0.2, 0) is 5.60 Å². The molecule has 0 aromatic carbocycles. The summed E-state index contributed by atoms with van der Waals surface area (Å²) in [6.45, 7) is 9.36. The number of carbonyl (C=O) groups excluding carboxylic acids is 1. The molecule has 1 unspecified atom stereocenters. The number of aryl methyl sites for hydroxylation is 1. The Bertz CT molecular complexity index is 519. The van der Waals surface area contributed by atoms with E-state index < -0.39 is 5.60 Å². The Morgan fingerprint density at radius 2 is 2.13 bits per heavy atom. The van der Waals surface area contributed by atoms with E-state index in [2.05, 4.69) is 29.4 Å². The molecule has 1 aromatic heterocycles. The number of rotatable bonds is 8. The van der Waals surface area contributed by atoms with E-state index >= 15 is 0 Å². The third-order valence-corrected chi connectivity index (χ3v) is 4.20. The molecule has 1 saturated carbocycles. The summed E-state index contributed by atoms with van der Waals surface area (Å²) in [5, 5.41) is 15.9. The smallest absolute Gasteiger partial charge is 0.314 e. The lowest BCUT2D eigenvalue weighted by Gasteiger charge is -2.26. The second kappa shape index (κ2) is 7.36. The molecular weight excluding hydrogens is 294 g/mol. The third kappa shape index (κ3) is 5.25. The Morgan fingerprint density at radius 3 is 2.65 bits per heavy atom. The van der Waals surface area contributed by atoms with E-state index in [0.29, 0.717) is 24.4 Å². The van der Waals surface area contributed by atoms with Gasteiger partial charge < -0.3 is 20.2 Å². The van der Waals surface area contributed by atoms with Crippen molar-refractivity contribution in [2.75, 3.05) is 19.6 Å². The lowest BCUT2D eigenvalue weighted by molar-refractivity contribution is 0.0359. The van der Waals surface area contributed by atoms with Crippen molar-refractivity contribution in [2.45, 2.75) is 58.2 Å². The molecule has 0 aliphatic heterocycles. The second-order valence-corrected chi connectivity index (χ2v) is 6.86. The quantitative estimate of drug-likeness (QED) is 0.683. The largest absolute Gasteiger partial charge is 0.463 e. The molecule has 130 valence electrons. The molecule has 1 aliphatic carbocycles. The number of amides is 2. The summed E-state index contributed by atoms with van der Waals surface area (Å²) < 4.78 is 5.42. The zero-order chi connectivity index (χ0) is 17.0. The summed E-state index contributed by atoms with van der Waals surface area (Å²) >= 11 is 0. The Labute approximate surface area is 138 Å². The summed E-state index contributed by atoms with van der Waals surface area (Å²) in [6, 6.07) is 4.43. The predicted octanol–water partition coefficient (Wildman–Crippen LogP) is 1.97. The molecule has 0 radical (unpaired) electrons. The van der Waals surface area contributed by atoms with Gasteiger partial charge in [-0.05, 0) is 52.7 Å². The summed E-state index contributed by atoms with van der Waals surface area (Å²) in [7, 11) is 0. The molecule has 0 saturated heterocycles. The fourth-order valence-corrected chi connectivity index (χ4v) is 2.69. The van der Waals surface area contributed by atoms with Crippen LogP contribution < -0.4 is 10.6 Å². The molecule has 1 fully saturated rings. The lowest BCUT2D eigenvalue weighted by Crippen LogP contribution is -2.46. The number of aliphatic hydroxyl groups is 1. The van der Waals surface area contributed by atoms with Gasteiger partial charge in [-0.1, -0.05) is 0 Å². The Hall–Kier alpha value is -1.53. The number of furan rings is 1. The number of hydrogen-bond acceptors (Lipinski definition) is 4. The van der Waals surface area contributed by atoms with E-state index in [-0.39, 0.29) is 12.6 Å². The monoisotopic (exact) mass is 323 g/mol. The van der Waals surface area contributed by atoms with Crippen molar-refractivity contribution in [1.29, 1.82) is 0 Å². The SMILES string of the molecule is Cc1ccc(C(C)(O)CNC(=O)NCCN(C(C)C)C2CC2)o1. The van der Waals surface area contributed by atoms with Gasteiger partial charge >= 0.3 is 6.03 Å². The van der Waals surface area contributed by atoms with Gasteiger partial charge in [0.25, 0.3) is 0 Å². The predicted molar refractivity (Wildman–Crippen MR) is 89.3 cm³/mol. The van der Waals surface area contributed by atoms with Crippen LogP contribution in [-0.4, -0.2) is 47.8 Å². The van der Waals surface area contributed by atoms with Gasteiger partial charge in [0.2, 0.25) is 0 Å². The first-order valence-corrected chi connectivity index (χ1v) is 8.36.